The molecule has 0 amide bonds. The van der Waals surface area contributed by atoms with Gasteiger partial charge in [-0.15, -0.1) is 10.2 Å². The summed E-state index contributed by atoms with van der Waals surface area (Å²) in [6, 6.07) is 5.14. The highest BCUT2D eigenvalue weighted by atomic mass is 35.5. The molecule has 6 nitrogen and oxygen atoms in total. The molecule has 1 fully saturated rings. The van der Waals surface area contributed by atoms with Crippen molar-refractivity contribution < 1.29 is 4.39 Å². The summed E-state index contributed by atoms with van der Waals surface area (Å²) in [6.07, 6.45) is 4.68. The SMILES string of the molecule is Cc1nnc(CN=C(NC2CCCC2)N(C)Cc2c(F)cccc2Cl)n1C. The molecule has 2 aromatic rings. The van der Waals surface area contributed by atoms with Crippen LogP contribution in [-0.2, 0) is 20.1 Å². The number of guanidine groups is 1. The summed E-state index contributed by atoms with van der Waals surface area (Å²) >= 11 is 6.20. The van der Waals surface area contributed by atoms with Crippen molar-refractivity contribution in [3.63, 3.8) is 0 Å². The van der Waals surface area contributed by atoms with E-state index in [2.05, 4.69) is 15.5 Å². The fourth-order valence-electron chi connectivity index (χ4n) is 3.26. The average Bonchev–Trinajstić information content (AvgIpc) is 3.26. The van der Waals surface area contributed by atoms with Gasteiger partial charge >= 0.3 is 0 Å². The molecule has 1 heterocycles. The van der Waals surface area contributed by atoms with Crippen LogP contribution in [0.3, 0.4) is 0 Å². The minimum Gasteiger partial charge on any atom is -0.353 e. The quantitative estimate of drug-likeness (QED) is 0.625. The van der Waals surface area contributed by atoms with Crippen LogP contribution in [0, 0.1) is 12.7 Å². The molecule has 0 spiro atoms. The third-order valence-corrected chi connectivity index (χ3v) is 5.41. The van der Waals surface area contributed by atoms with E-state index in [9.17, 15) is 4.39 Å². The first-order valence-electron chi connectivity index (χ1n) is 9.25. The number of hydrogen-bond acceptors (Lipinski definition) is 3. The topological polar surface area (TPSA) is 58.3 Å². The van der Waals surface area contributed by atoms with Gasteiger partial charge in [-0.3, -0.25) is 0 Å². The van der Waals surface area contributed by atoms with Crippen LogP contribution in [0.2, 0.25) is 5.02 Å². The molecule has 0 unspecified atom stereocenters. The van der Waals surface area contributed by atoms with Gasteiger partial charge in [-0.25, -0.2) is 9.38 Å². The number of aryl methyl sites for hydroxylation is 1. The highest BCUT2D eigenvalue weighted by molar-refractivity contribution is 6.31. The zero-order chi connectivity index (χ0) is 19.4. The molecule has 1 aromatic carbocycles. The lowest BCUT2D eigenvalue weighted by molar-refractivity contribution is 0.444. The Bertz CT molecular complexity index is 792. The fraction of sp³-hybridized carbons (Fsp3) is 0.526. The molecule has 0 atom stereocenters. The van der Waals surface area contributed by atoms with E-state index in [-0.39, 0.29) is 5.82 Å². The molecule has 1 N–H and O–H groups in total. The van der Waals surface area contributed by atoms with Gasteiger partial charge in [0.15, 0.2) is 11.8 Å². The first-order valence-corrected chi connectivity index (χ1v) is 9.63. The van der Waals surface area contributed by atoms with Gasteiger partial charge in [0.25, 0.3) is 0 Å². The number of benzene rings is 1. The Morgan fingerprint density at radius 2 is 2.11 bits per heavy atom. The second-order valence-electron chi connectivity index (χ2n) is 7.04. The van der Waals surface area contributed by atoms with E-state index in [0.717, 1.165) is 30.5 Å². The maximum atomic E-state index is 14.2. The van der Waals surface area contributed by atoms with E-state index >= 15 is 0 Å². The van der Waals surface area contributed by atoms with Crippen molar-refractivity contribution in [1.82, 2.24) is 25.0 Å². The summed E-state index contributed by atoms with van der Waals surface area (Å²) in [6.45, 7) is 2.65. The highest BCUT2D eigenvalue weighted by Gasteiger charge is 2.20. The molecule has 1 aliphatic carbocycles. The average molecular weight is 393 g/mol. The molecule has 3 rings (SSSR count). The molecule has 0 aliphatic heterocycles. The monoisotopic (exact) mass is 392 g/mol. The van der Waals surface area contributed by atoms with Crippen molar-refractivity contribution in [3.8, 4) is 0 Å². The Balaban J connectivity index is 1.79. The van der Waals surface area contributed by atoms with Gasteiger partial charge in [0.1, 0.15) is 18.2 Å². The zero-order valence-corrected chi connectivity index (χ0v) is 16.8. The molecule has 0 saturated heterocycles. The predicted molar refractivity (Wildman–Crippen MR) is 105 cm³/mol. The van der Waals surface area contributed by atoms with Crippen LogP contribution in [0.5, 0.6) is 0 Å². The van der Waals surface area contributed by atoms with Gasteiger partial charge in [0.05, 0.1) is 0 Å². The Hall–Kier alpha value is -2.15. The molecule has 0 bridgehead atoms. The number of aromatic nitrogens is 3. The van der Waals surface area contributed by atoms with Crippen molar-refractivity contribution >= 4 is 17.6 Å². The summed E-state index contributed by atoms with van der Waals surface area (Å²) in [7, 11) is 3.82. The van der Waals surface area contributed by atoms with Crippen molar-refractivity contribution in [2.45, 2.75) is 51.7 Å². The van der Waals surface area contributed by atoms with Gasteiger partial charge in [0, 0.05) is 37.3 Å². The molecule has 8 heteroatoms. The number of rotatable bonds is 5. The van der Waals surface area contributed by atoms with Gasteiger partial charge < -0.3 is 14.8 Å². The van der Waals surface area contributed by atoms with Crippen LogP contribution >= 0.6 is 11.6 Å². The van der Waals surface area contributed by atoms with Gasteiger partial charge in [0.2, 0.25) is 0 Å². The van der Waals surface area contributed by atoms with Crippen molar-refractivity contribution in [1.29, 1.82) is 0 Å². The molecule has 1 aromatic heterocycles. The van der Waals surface area contributed by atoms with Crippen molar-refractivity contribution in [2.24, 2.45) is 12.0 Å². The molecular formula is C19H26ClFN6. The highest BCUT2D eigenvalue weighted by Crippen LogP contribution is 2.21. The first kappa shape index (κ1) is 19.6. The maximum absolute atomic E-state index is 14.2. The zero-order valence-electron chi connectivity index (χ0n) is 16.0. The van der Waals surface area contributed by atoms with Crippen LogP contribution in [-0.4, -0.2) is 38.7 Å². The van der Waals surface area contributed by atoms with E-state index in [4.69, 9.17) is 16.6 Å². The fourth-order valence-corrected chi connectivity index (χ4v) is 3.48. The summed E-state index contributed by atoms with van der Waals surface area (Å²) in [5.41, 5.74) is 0.470. The smallest absolute Gasteiger partial charge is 0.194 e. The molecular weight excluding hydrogens is 367 g/mol. The number of aliphatic imine (C=N–C) groups is 1. The lowest BCUT2D eigenvalue weighted by Crippen LogP contribution is -2.43. The standard InChI is InChI=1S/C19H26ClFN6/c1-13-24-25-18(27(13)3)11-22-19(23-14-7-4-5-8-14)26(2)12-15-16(20)9-6-10-17(15)21/h6,9-10,14H,4-5,7-8,11-12H2,1-3H3,(H,22,23). The Kier molecular flexibility index (Phi) is 6.31. The molecule has 1 saturated carbocycles. The van der Waals surface area contributed by atoms with Gasteiger partial charge in [-0.05, 0) is 31.9 Å². The van der Waals surface area contributed by atoms with Crippen LogP contribution in [0.1, 0.15) is 42.9 Å². The normalized spacial score (nSPS) is 15.4. The van der Waals surface area contributed by atoms with E-state index in [0.29, 0.717) is 29.7 Å². The van der Waals surface area contributed by atoms with Crippen LogP contribution < -0.4 is 5.32 Å². The van der Waals surface area contributed by atoms with Crippen LogP contribution in [0.25, 0.3) is 0 Å². The van der Waals surface area contributed by atoms with Crippen molar-refractivity contribution in [2.75, 3.05) is 7.05 Å². The minimum atomic E-state index is -0.307. The molecule has 1 aliphatic rings. The number of hydrogen-bond donors (Lipinski definition) is 1. The van der Waals surface area contributed by atoms with E-state index < -0.39 is 0 Å². The Morgan fingerprint density at radius 3 is 2.74 bits per heavy atom. The predicted octanol–water partition coefficient (Wildman–Crippen LogP) is 3.44. The third-order valence-electron chi connectivity index (χ3n) is 5.06. The van der Waals surface area contributed by atoms with Crippen LogP contribution in [0.4, 0.5) is 4.39 Å². The van der Waals surface area contributed by atoms with E-state index in [1.54, 1.807) is 12.1 Å². The molecule has 27 heavy (non-hydrogen) atoms. The number of nitrogens with one attached hydrogen (secondary N) is 1. The maximum Gasteiger partial charge on any atom is 0.194 e. The largest absolute Gasteiger partial charge is 0.353 e. The summed E-state index contributed by atoms with van der Waals surface area (Å²) < 4.78 is 16.1. The lowest BCUT2D eigenvalue weighted by Gasteiger charge is -2.26. The van der Waals surface area contributed by atoms with Crippen LogP contribution in [0.15, 0.2) is 23.2 Å². The lowest BCUT2D eigenvalue weighted by atomic mass is 10.2. The molecule has 146 valence electrons. The Morgan fingerprint density at radius 1 is 1.37 bits per heavy atom. The van der Waals surface area contributed by atoms with Gasteiger partial charge in [-0.1, -0.05) is 30.5 Å². The van der Waals surface area contributed by atoms with E-state index in [1.165, 1.54) is 18.9 Å². The summed E-state index contributed by atoms with van der Waals surface area (Å²) in [4.78, 5) is 6.64. The summed E-state index contributed by atoms with van der Waals surface area (Å²) in [5, 5.41) is 12.2. The minimum absolute atomic E-state index is 0.307. The van der Waals surface area contributed by atoms with Crippen molar-refractivity contribution in [3.05, 3.63) is 46.3 Å². The number of nitrogens with zero attached hydrogens (tertiary/aromatic N) is 5. The first-order chi connectivity index (χ1) is 13.0. The summed E-state index contributed by atoms with van der Waals surface area (Å²) in [5.74, 6) is 2.05. The number of halogens is 2. The van der Waals surface area contributed by atoms with Gasteiger partial charge in [-0.2, -0.15) is 0 Å². The van der Waals surface area contributed by atoms with E-state index in [1.807, 2.05) is 30.5 Å². The second kappa shape index (κ2) is 8.69. The molecule has 0 radical (unpaired) electrons. The second-order valence-corrected chi connectivity index (χ2v) is 7.45. The third kappa shape index (κ3) is 4.77. The Labute approximate surface area is 164 Å².